The first-order valence-electron chi connectivity index (χ1n) is 3.72. The number of aromatic amines is 1. The van der Waals surface area contributed by atoms with Crippen LogP contribution in [0.1, 0.15) is 5.69 Å². The summed E-state index contributed by atoms with van der Waals surface area (Å²) in [5.41, 5.74) is 7.36. The van der Waals surface area contributed by atoms with Crippen LogP contribution in [0.2, 0.25) is 0 Å². The minimum Gasteiger partial charge on any atom is -0.399 e. The maximum Gasteiger partial charge on any atom is 0.0400 e. The highest BCUT2D eigenvalue weighted by molar-refractivity contribution is 5.51. The van der Waals surface area contributed by atoms with Crippen LogP contribution in [-0.4, -0.2) is 4.98 Å². The van der Waals surface area contributed by atoms with Gasteiger partial charge in [-0.3, -0.25) is 0 Å². The summed E-state index contributed by atoms with van der Waals surface area (Å²) in [6, 6.07) is 3.88. The minimum absolute atomic E-state index is 0.706. The Kier molecular flexibility index (Phi) is 2.96. The average molecular weight is 160 g/mol. The molecule has 0 aliphatic rings. The number of nitrogens with one attached hydrogen (secondary N) is 1. The Balaban J connectivity index is 2.69. The van der Waals surface area contributed by atoms with Crippen LogP contribution in [0.3, 0.4) is 0 Å². The quantitative estimate of drug-likeness (QED) is 0.653. The zero-order valence-corrected chi connectivity index (χ0v) is 6.83. The molecule has 0 amide bonds. The summed E-state index contributed by atoms with van der Waals surface area (Å²) in [6.07, 6.45) is 9.01. The van der Waals surface area contributed by atoms with Crippen molar-refractivity contribution in [2.45, 2.75) is 0 Å². The molecule has 0 aliphatic heterocycles. The molecule has 0 saturated carbocycles. The lowest BCUT2D eigenvalue weighted by Crippen LogP contribution is -1.91. The zero-order chi connectivity index (χ0) is 8.81. The second-order valence-electron chi connectivity index (χ2n) is 2.36. The molecule has 0 unspecified atom stereocenters. The zero-order valence-electron chi connectivity index (χ0n) is 6.83. The third kappa shape index (κ3) is 2.50. The first-order valence-corrected chi connectivity index (χ1v) is 3.72. The molecule has 1 heterocycles. The van der Waals surface area contributed by atoms with Gasteiger partial charge < -0.3 is 10.7 Å². The predicted molar refractivity (Wildman–Crippen MR) is 52.3 cm³/mol. The number of H-pyrrole nitrogens is 1. The molecular weight excluding hydrogens is 148 g/mol. The van der Waals surface area contributed by atoms with Crippen molar-refractivity contribution in [2.75, 3.05) is 0 Å². The monoisotopic (exact) mass is 160 g/mol. The summed E-state index contributed by atoms with van der Waals surface area (Å²) in [5.74, 6) is 0. The SMILES string of the molecule is C=C/C=C\C(N)=C\c1ccc[nH]1. The average Bonchev–Trinajstić information content (AvgIpc) is 2.53. The van der Waals surface area contributed by atoms with E-state index in [1.807, 2.05) is 24.4 Å². The van der Waals surface area contributed by atoms with Crippen molar-refractivity contribution in [3.05, 3.63) is 54.5 Å². The van der Waals surface area contributed by atoms with Gasteiger partial charge >= 0.3 is 0 Å². The number of hydrogen-bond acceptors (Lipinski definition) is 1. The van der Waals surface area contributed by atoms with Gasteiger partial charge in [-0.2, -0.15) is 0 Å². The summed E-state index contributed by atoms with van der Waals surface area (Å²) in [6.45, 7) is 3.55. The van der Waals surface area contributed by atoms with Crippen LogP contribution in [0.5, 0.6) is 0 Å². The number of rotatable bonds is 3. The number of nitrogens with two attached hydrogens (primary N) is 1. The molecule has 62 valence electrons. The van der Waals surface area contributed by atoms with E-state index >= 15 is 0 Å². The third-order valence-corrected chi connectivity index (χ3v) is 1.37. The molecule has 1 aromatic heterocycles. The van der Waals surface area contributed by atoms with Gasteiger partial charge in [0.05, 0.1) is 0 Å². The summed E-state index contributed by atoms with van der Waals surface area (Å²) in [4.78, 5) is 3.03. The van der Waals surface area contributed by atoms with Gasteiger partial charge in [0.25, 0.3) is 0 Å². The molecule has 1 rings (SSSR count). The van der Waals surface area contributed by atoms with Crippen LogP contribution in [0.4, 0.5) is 0 Å². The van der Waals surface area contributed by atoms with E-state index in [1.165, 1.54) is 0 Å². The second kappa shape index (κ2) is 4.23. The largest absolute Gasteiger partial charge is 0.399 e. The highest BCUT2D eigenvalue weighted by atomic mass is 14.7. The number of hydrogen-bond donors (Lipinski definition) is 2. The van der Waals surface area contributed by atoms with Crippen molar-refractivity contribution < 1.29 is 0 Å². The van der Waals surface area contributed by atoms with Crippen LogP contribution in [0, 0.1) is 0 Å². The molecule has 0 saturated heterocycles. The predicted octanol–water partition coefficient (Wildman–Crippen LogP) is 2.06. The number of allylic oxidation sites excluding steroid dienone is 3. The molecule has 2 heteroatoms. The van der Waals surface area contributed by atoms with Crippen molar-refractivity contribution in [3.8, 4) is 0 Å². The van der Waals surface area contributed by atoms with E-state index in [4.69, 9.17) is 5.73 Å². The Hall–Kier alpha value is -1.70. The van der Waals surface area contributed by atoms with Crippen LogP contribution in [0.25, 0.3) is 6.08 Å². The lowest BCUT2D eigenvalue weighted by Gasteiger charge is -1.90. The van der Waals surface area contributed by atoms with Crippen LogP contribution in [0.15, 0.2) is 48.8 Å². The van der Waals surface area contributed by atoms with Gasteiger partial charge in [0, 0.05) is 17.6 Å². The maximum absolute atomic E-state index is 5.66. The van der Waals surface area contributed by atoms with E-state index in [1.54, 1.807) is 18.2 Å². The van der Waals surface area contributed by atoms with E-state index in [0.29, 0.717) is 5.70 Å². The van der Waals surface area contributed by atoms with Crippen molar-refractivity contribution >= 4 is 6.08 Å². The van der Waals surface area contributed by atoms with Gasteiger partial charge in [0.2, 0.25) is 0 Å². The van der Waals surface area contributed by atoms with E-state index in [2.05, 4.69) is 11.6 Å². The first-order chi connectivity index (χ1) is 5.83. The smallest absolute Gasteiger partial charge is 0.0400 e. The maximum atomic E-state index is 5.66. The van der Waals surface area contributed by atoms with Crippen molar-refractivity contribution in [2.24, 2.45) is 5.73 Å². The van der Waals surface area contributed by atoms with E-state index < -0.39 is 0 Å². The standard InChI is InChI=1S/C10H12N2/c1-2-3-5-9(11)8-10-6-4-7-12-10/h2-8,12H,1,11H2/b5-3-,9-8-. The molecule has 0 atom stereocenters. The Morgan fingerprint density at radius 3 is 3.00 bits per heavy atom. The molecule has 3 N–H and O–H groups in total. The van der Waals surface area contributed by atoms with Crippen molar-refractivity contribution in [1.82, 2.24) is 4.98 Å². The van der Waals surface area contributed by atoms with E-state index in [9.17, 15) is 0 Å². The first kappa shape index (κ1) is 8.40. The lowest BCUT2D eigenvalue weighted by atomic mass is 10.3. The third-order valence-electron chi connectivity index (χ3n) is 1.37. The van der Waals surface area contributed by atoms with Gasteiger partial charge in [-0.1, -0.05) is 18.7 Å². The van der Waals surface area contributed by atoms with Gasteiger partial charge in [0.1, 0.15) is 0 Å². The summed E-state index contributed by atoms with van der Waals surface area (Å²) >= 11 is 0. The Morgan fingerprint density at radius 2 is 2.42 bits per heavy atom. The van der Waals surface area contributed by atoms with E-state index in [0.717, 1.165) is 5.69 Å². The van der Waals surface area contributed by atoms with E-state index in [-0.39, 0.29) is 0 Å². The van der Waals surface area contributed by atoms with Gasteiger partial charge in [-0.25, -0.2) is 0 Å². The highest BCUT2D eigenvalue weighted by Gasteiger charge is 1.86. The molecule has 0 fully saturated rings. The van der Waals surface area contributed by atoms with Gasteiger partial charge in [-0.15, -0.1) is 0 Å². The topological polar surface area (TPSA) is 41.8 Å². The fourth-order valence-electron chi connectivity index (χ4n) is 0.841. The van der Waals surface area contributed by atoms with Crippen LogP contribution < -0.4 is 5.73 Å². The fourth-order valence-corrected chi connectivity index (χ4v) is 0.841. The van der Waals surface area contributed by atoms with Gasteiger partial charge in [0.15, 0.2) is 0 Å². The Labute approximate surface area is 72.1 Å². The van der Waals surface area contributed by atoms with Crippen LogP contribution >= 0.6 is 0 Å². The van der Waals surface area contributed by atoms with Gasteiger partial charge in [-0.05, 0) is 24.3 Å². The second-order valence-corrected chi connectivity index (χ2v) is 2.36. The molecule has 0 aromatic carbocycles. The molecule has 12 heavy (non-hydrogen) atoms. The summed E-state index contributed by atoms with van der Waals surface area (Å²) in [5, 5.41) is 0. The molecule has 0 aliphatic carbocycles. The molecule has 2 nitrogen and oxygen atoms in total. The molecule has 0 spiro atoms. The summed E-state index contributed by atoms with van der Waals surface area (Å²) in [7, 11) is 0. The Bertz CT molecular complexity index is 292. The molecule has 0 radical (unpaired) electrons. The summed E-state index contributed by atoms with van der Waals surface area (Å²) < 4.78 is 0. The Morgan fingerprint density at radius 1 is 1.58 bits per heavy atom. The van der Waals surface area contributed by atoms with Crippen molar-refractivity contribution in [1.29, 1.82) is 0 Å². The van der Waals surface area contributed by atoms with Crippen LogP contribution in [-0.2, 0) is 0 Å². The molecule has 0 bridgehead atoms. The minimum atomic E-state index is 0.706. The highest BCUT2D eigenvalue weighted by Crippen LogP contribution is 2.00. The molecular formula is C10H12N2. The normalized spacial score (nSPS) is 12.2. The number of aromatic nitrogens is 1. The molecule has 1 aromatic rings. The fraction of sp³-hybridized carbons (Fsp3) is 0. The lowest BCUT2D eigenvalue weighted by molar-refractivity contribution is 1.35. The van der Waals surface area contributed by atoms with Crippen molar-refractivity contribution in [3.63, 3.8) is 0 Å².